The Bertz CT molecular complexity index is 1010. The number of halogens is 1. The zero-order chi connectivity index (χ0) is 16.5. The van der Waals surface area contributed by atoms with Gasteiger partial charge in [-0.2, -0.15) is 5.10 Å². The molecule has 1 N–H and O–H groups in total. The Morgan fingerprint density at radius 3 is 2.62 bits per heavy atom. The standard InChI is InChI=1S/C19H13FN3O/c20-17-6-5-15(18-7-9-21-19-8-10-22-23(18)19)11-16(17)14-3-1-13(12-24)2-4-14/h1-7,9-11,24H,12H2. The summed E-state index contributed by atoms with van der Waals surface area (Å²) in [6.45, 7) is -0.0341. The molecule has 0 fully saturated rings. The Hall–Kier alpha value is -3.05. The quantitative estimate of drug-likeness (QED) is 0.629. The molecule has 4 aromatic rings. The molecule has 4 nitrogen and oxygen atoms in total. The zero-order valence-corrected chi connectivity index (χ0v) is 12.6. The summed E-state index contributed by atoms with van der Waals surface area (Å²) >= 11 is 0. The molecule has 5 heteroatoms. The number of hydrogen-bond acceptors (Lipinski definition) is 3. The van der Waals surface area contributed by atoms with Gasteiger partial charge in [-0.25, -0.2) is 13.9 Å². The molecule has 117 valence electrons. The second-order valence-corrected chi connectivity index (χ2v) is 5.40. The van der Waals surface area contributed by atoms with E-state index >= 15 is 0 Å². The van der Waals surface area contributed by atoms with Gasteiger partial charge in [0.25, 0.3) is 0 Å². The first kappa shape index (κ1) is 14.5. The largest absolute Gasteiger partial charge is 0.392 e. The molecule has 2 heterocycles. The van der Waals surface area contributed by atoms with Gasteiger partial charge in [0, 0.05) is 17.3 Å². The van der Waals surface area contributed by atoms with Crippen molar-refractivity contribution in [2.75, 3.05) is 0 Å². The Morgan fingerprint density at radius 2 is 1.83 bits per heavy atom. The first-order valence-electron chi connectivity index (χ1n) is 7.47. The minimum atomic E-state index is -0.298. The van der Waals surface area contributed by atoms with Crippen molar-refractivity contribution in [2.24, 2.45) is 0 Å². The molecular weight excluding hydrogens is 305 g/mol. The van der Waals surface area contributed by atoms with Crippen molar-refractivity contribution in [1.29, 1.82) is 0 Å². The van der Waals surface area contributed by atoms with Crippen LogP contribution in [0.3, 0.4) is 0 Å². The Kier molecular flexibility index (Phi) is 3.55. The first-order chi connectivity index (χ1) is 11.8. The third kappa shape index (κ3) is 2.45. The number of rotatable bonds is 3. The molecular formula is C19H13FN3O. The smallest absolute Gasteiger partial charge is 0.163 e. The van der Waals surface area contributed by atoms with Gasteiger partial charge in [-0.15, -0.1) is 0 Å². The van der Waals surface area contributed by atoms with Crippen LogP contribution in [0.5, 0.6) is 0 Å². The van der Waals surface area contributed by atoms with E-state index < -0.39 is 0 Å². The van der Waals surface area contributed by atoms with Crippen LogP contribution in [0.25, 0.3) is 28.0 Å². The summed E-state index contributed by atoms with van der Waals surface area (Å²) < 4.78 is 16.0. The molecule has 0 aliphatic heterocycles. The molecule has 0 bridgehead atoms. The van der Waals surface area contributed by atoms with Crippen LogP contribution in [-0.2, 0) is 6.61 Å². The van der Waals surface area contributed by atoms with Crippen molar-refractivity contribution in [1.82, 2.24) is 14.6 Å². The van der Waals surface area contributed by atoms with Crippen molar-refractivity contribution in [2.45, 2.75) is 6.61 Å². The first-order valence-corrected chi connectivity index (χ1v) is 7.47. The van der Waals surface area contributed by atoms with E-state index in [1.54, 1.807) is 53.3 Å². The van der Waals surface area contributed by atoms with Gasteiger partial charge >= 0.3 is 0 Å². The number of fused-ring (bicyclic) bond motifs is 1. The van der Waals surface area contributed by atoms with Crippen LogP contribution in [0.1, 0.15) is 5.56 Å². The predicted octanol–water partition coefficient (Wildman–Crippen LogP) is 3.49. The summed E-state index contributed by atoms with van der Waals surface area (Å²) in [5.41, 5.74) is 4.31. The minimum absolute atomic E-state index is 0.0341. The van der Waals surface area contributed by atoms with Gasteiger partial charge in [-0.3, -0.25) is 0 Å². The monoisotopic (exact) mass is 318 g/mol. The molecule has 24 heavy (non-hydrogen) atoms. The summed E-state index contributed by atoms with van der Waals surface area (Å²) in [5.74, 6) is -0.298. The molecule has 4 rings (SSSR count). The SMILES string of the molecule is OCc1ccc(-c2cc(-c3ccnc4[c]cnn34)ccc2F)cc1. The number of benzene rings is 2. The average molecular weight is 318 g/mol. The number of aliphatic hydroxyl groups excluding tert-OH is 1. The fraction of sp³-hybridized carbons (Fsp3) is 0.0526. The van der Waals surface area contributed by atoms with E-state index in [1.807, 2.05) is 6.07 Å². The topological polar surface area (TPSA) is 50.4 Å². The molecule has 0 saturated carbocycles. The van der Waals surface area contributed by atoms with Crippen molar-refractivity contribution in [3.8, 4) is 22.4 Å². The molecule has 2 aromatic carbocycles. The lowest BCUT2D eigenvalue weighted by molar-refractivity contribution is 0.282. The fourth-order valence-electron chi connectivity index (χ4n) is 2.69. The number of aromatic nitrogens is 3. The summed E-state index contributed by atoms with van der Waals surface area (Å²) in [7, 11) is 0. The molecule has 0 unspecified atom stereocenters. The number of nitrogens with zero attached hydrogens (tertiary/aromatic N) is 3. The van der Waals surface area contributed by atoms with Gasteiger partial charge in [0.15, 0.2) is 5.65 Å². The number of hydrogen-bond donors (Lipinski definition) is 1. The highest BCUT2D eigenvalue weighted by atomic mass is 19.1. The Labute approximate surface area is 137 Å². The third-order valence-electron chi connectivity index (χ3n) is 3.93. The van der Waals surface area contributed by atoms with E-state index in [9.17, 15) is 4.39 Å². The summed E-state index contributed by atoms with van der Waals surface area (Å²) in [5, 5.41) is 13.4. The summed E-state index contributed by atoms with van der Waals surface area (Å²) in [6.07, 6.45) is 3.24. The van der Waals surface area contributed by atoms with E-state index in [0.717, 1.165) is 22.4 Å². The summed E-state index contributed by atoms with van der Waals surface area (Å²) in [4.78, 5) is 4.19. The lowest BCUT2D eigenvalue weighted by Gasteiger charge is -2.09. The van der Waals surface area contributed by atoms with E-state index in [0.29, 0.717) is 11.2 Å². The summed E-state index contributed by atoms with van der Waals surface area (Å²) in [6, 6.07) is 16.9. The maximum Gasteiger partial charge on any atom is 0.163 e. The highest BCUT2D eigenvalue weighted by Gasteiger charge is 2.10. The van der Waals surface area contributed by atoms with Gasteiger partial charge in [0.1, 0.15) is 5.82 Å². The van der Waals surface area contributed by atoms with Crippen LogP contribution in [0.2, 0.25) is 0 Å². The maximum atomic E-state index is 14.3. The van der Waals surface area contributed by atoms with Crippen LogP contribution in [-0.4, -0.2) is 19.7 Å². The minimum Gasteiger partial charge on any atom is -0.392 e. The zero-order valence-electron chi connectivity index (χ0n) is 12.6. The van der Waals surface area contributed by atoms with Crippen LogP contribution >= 0.6 is 0 Å². The van der Waals surface area contributed by atoms with Crippen molar-refractivity contribution >= 4 is 5.65 Å². The lowest BCUT2D eigenvalue weighted by atomic mass is 10.00. The van der Waals surface area contributed by atoms with Crippen LogP contribution in [0.4, 0.5) is 4.39 Å². The van der Waals surface area contributed by atoms with Gasteiger partial charge in [-0.1, -0.05) is 24.3 Å². The van der Waals surface area contributed by atoms with E-state index in [4.69, 9.17) is 5.11 Å². The Balaban J connectivity index is 1.85. The van der Waals surface area contributed by atoms with Crippen molar-refractivity contribution in [3.05, 3.63) is 78.4 Å². The molecule has 2 aromatic heterocycles. The normalized spacial score (nSPS) is 11.1. The van der Waals surface area contributed by atoms with E-state index in [1.165, 1.54) is 6.07 Å². The predicted molar refractivity (Wildman–Crippen MR) is 88.6 cm³/mol. The van der Waals surface area contributed by atoms with E-state index in [2.05, 4.69) is 16.1 Å². The van der Waals surface area contributed by atoms with Gasteiger partial charge in [0.2, 0.25) is 0 Å². The molecule has 0 atom stereocenters. The fourth-order valence-corrected chi connectivity index (χ4v) is 2.69. The average Bonchev–Trinajstić information content (AvgIpc) is 3.11. The number of aliphatic hydroxyl groups is 1. The highest BCUT2D eigenvalue weighted by molar-refractivity contribution is 5.73. The van der Waals surface area contributed by atoms with Gasteiger partial charge in [0.05, 0.1) is 24.6 Å². The molecule has 1 radical (unpaired) electrons. The highest BCUT2D eigenvalue weighted by Crippen LogP contribution is 2.29. The van der Waals surface area contributed by atoms with Crippen LogP contribution < -0.4 is 0 Å². The molecule has 0 aliphatic rings. The van der Waals surface area contributed by atoms with Crippen molar-refractivity contribution in [3.63, 3.8) is 0 Å². The third-order valence-corrected chi connectivity index (χ3v) is 3.93. The molecule has 0 saturated heterocycles. The van der Waals surface area contributed by atoms with Gasteiger partial charge < -0.3 is 5.11 Å². The second kappa shape index (κ2) is 5.86. The van der Waals surface area contributed by atoms with E-state index in [-0.39, 0.29) is 12.4 Å². The van der Waals surface area contributed by atoms with Crippen molar-refractivity contribution < 1.29 is 9.50 Å². The maximum absolute atomic E-state index is 14.3. The van der Waals surface area contributed by atoms with Crippen LogP contribution in [0.15, 0.2) is 60.9 Å². The molecule has 0 amide bonds. The van der Waals surface area contributed by atoms with Gasteiger partial charge in [-0.05, 0) is 35.4 Å². The molecule has 0 spiro atoms. The second-order valence-electron chi connectivity index (χ2n) is 5.40. The Morgan fingerprint density at radius 1 is 1.04 bits per heavy atom. The lowest BCUT2D eigenvalue weighted by Crippen LogP contribution is -1.96. The van der Waals surface area contributed by atoms with Crippen LogP contribution in [0, 0.1) is 11.9 Å². The molecule has 0 aliphatic carbocycles.